The molecular weight excluding hydrogens is 416 g/mol. The Morgan fingerprint density at radius 2 is 1.73 bits per heavy atom. The monoisotopic (exact) mass is 440 g/mol. The van der Waals surface area contributed by atoms with Gasteiger partial charge in [-0.15, -0.1) is 23.5 Å². The van der Waals surface area contributed by atoms with Crippen LogP contribution in [0, 0.1) is 25.2 Å². The van der Waals surface area contributed by atoms with Crippen molar-refractivity contribution in [1.29, 1.82) is 5.26 Å². The van der Waals surface area contributed by atoms with E-state index in [4.69, 9.17) is 10.00 Å². The number of carbonyl (C=O) groups excluding carboxylic acids is 2. The Kier molecular flexibility index (Phi) is 7.83. The minimum Gasteiger partial charge on any atom is -0.452 e. The summed E-state index contributed by atoms with van der Waals surface area (Å²) in [7, 11) is 0. The maximum Gasteiger partial charge on any atom is 0.338 e. The number of thioether (sulfide) groups is 2. The Morgan fingerprint density at radius 3 is 2.33 bits per heavy atom. The van der Waals surface area contributed by atoms with Crippen molar-refractivity contribution in [3.8, 4) is 6.07 Å². The second-order valence-corrected chi connectivity index (χ2v) is 9.80. The number of hydrogen-bond acceptors (Lipinski definition) is 6. The number of carbonyl (C=O) groups is 2. The fourth-order valence-corrected chi connectivity index (χ4v) is 6.14. The smallest absolute Gasteiger partial charge is 0.338 e. The number of amides is 1. The van der Waals surface area contributed by atoms with Crippen LogP contribution >= 0.6 is 23.5 Å². The fraction of sp³-hybridized carbons (Fsp3) is 0.348. The third-order valence-electron chi connectivity index (χ3n) is 4.63. The van der Waals surface area contributed by atoms with Crippen LogP contribution in [0.1, 0.15) is 38.1 Å². The third-order valence-corrected chi connectivity index (χ3v) is 7.74. The van der Waals surface area contributed by atoms with E-state index in [1.165, 1.54) is 10.5 Å². The van der Waals surface area contributed by atoms with Crippen molar-refractivity contribution in [3.63, 3.8) is 0 Å². The van der Waals surface area contributed by atoms with Gasteiger partial charge in [-0.25, -0.2) is 4.79 Å². The van der Waals surface area contributed by atoms with Gasteiger partial charge in [0.25, 0.3) is 5.91 Å². The first kappa shape index (κ1) is 22.3. The van der Waals surface area contributed by atoms with Crippen molar-refractivity contribution >= 4 is 41.1 Å². The van der Waals surface area contributed by atoms with Crippen molar-refractivity contribution in [2.75, 3.05) is 29.6 Å². The van der Waals surface area contributed by atoms with Gasteiger partial charge in [-0.3, -0.25) is 4.79 Å². The van der Waals surface area contributed by atoms with E-state index in [-0.39, 0.29) is 25.5 Å². The minimum absolute atomic E-state index is 0.200. The van der Waals surface area contributed by atoms with E-state index >= 15 is 0 Å². The molecule has 0 aliphatic carbocycles. The molecule has 1 aliphatic rings. The molecule has 1 saturated heterocycles. The molecule has 30 heavy (non-hydrogen) atoms. The quantitative estimate of drug-likeness (QED) is 0.571. The van der Waals surface area contributed by atoms with Crippen LogP contribution < -0.4 is 4.90 Å². The van der Waals surface area contributed by atoms with Gasteiger partial charge in [0.1, 0.15) is 0 Å². The van der Waals surface area contributed by atoms with Crippen LogP contribution in [0.25, 0.3) is 0 Å². The Labute approximate surface area is 185 Å². The molecule has 0 radical (unpaired) electrons. The molecule has 0 atom stereocenters. The van der Waals surface area contributed by atoms with E-state index in [0.717, 1.165) is 22.6 Å². The Bertz CT molecular complexity index is 928. The summed E-state index contributed by atoms with van der Waals surface area (Å²) in [6.45, 7) is 3.79. The van der Waals surface area contributed by atoms with Crippen LogP contribution in [-0.2, 0) is 9.53 Å². The second-order valence-electron chi connectivity index (χ2n) is 7.07. The van der Waals surface area contributed by atoms with E-state index in [1.54, 1.807) is 12.1 Å². The normalized spacial score (nSPS) is 13.6. The maximum absolute atomic E-state index is 12.8. The lowest BCUT2D eigenvalue weighted by molar-refractivity contribution is -0.121. The van der Waals surface area contributed by atoms with E-state index in [1.807, 2.05) is 67.7 Å². The molecule has 0 unspecified atom stereocenters. The van der Waals surface area contributed by atoms with Gasteiger partial charge in [0.15, 0.2) is 6.61 Å². The number of nitrogens with zero attached hydrogens (tertiary/aromatic N) is 2. The average molecular weight is 441 g/mol. The lowest BCUT2D eigenvalue weighted by atomic mass is 10.1. The first-order chi connectivity index (χ1) is 14.5. The van der Waals surface area contributed by atoms with Gasteiger partial charge < -0.3 is 9.64 Å². The zero-order chi connectivity index (χ0) is 21.5. The molecule has 7 heteroatoms. The Morgan fingerprint density at radius 1 is 1.10 bits per heavy atom. The van der Waals surface area contributed by atoms with Crippen LogP contribution in [0.3, 0.4) is 0 Å². The minimum atomic E-state index is -0.526. The number of benzene rings is 2. The molecule has 0 N–H and O–H groups in total. The summed E-state index contributed by atoms with van der Waals surface area (Å²) in [5.74, 6) is 1.41. The van der Waals surface area contributed by atoms with Gasteiger partial charge >= 0.3 is 5.97 Å². The van der Waals surface area contributed by atoms with Crippen LogP contribution in [0.2, 0.25) is 0 Å². The number of aryl methyl sites for hydroxylation is 2. The first-order valence-corrected chi connectivity index (χ1v) is 11.8. The number of rotatable bonds is 7. The molecular formula is C23H24N2O3S2. The second kappa shape index (κ2) is 10.6. The van der Waals surface area contributed by atoms with Crippen molar-refractivity contribution in [3.05, 3.63) is 64.7 Å². The molecule has 2 aromatic carbocycles. The highest BCUT2D eigenvalue weighted by Gasteiger charge is 2.20. The van der Waals surface area contributed by atoms with Gasteiger partial charge in [0, 0.05) is 23.7 Å². The van der Waals surface area contributed by atoms with Crippen molar-refractivity contribution in [2.24, 2.45) is 0 Å². The average Bonchev–Trinajstić information content (AvgIpc) is 3.26. The zero-order valence-electron chi connectivity index (χ0n) is 17.1. The summed E-state index contributed by atoms with van der Waals surface area (Å²) in [6, 6.07) is 15.3. The molecule has 0 bridgehead atoms. The van der Waals surface area contributed by atoms with E-state index in [2.05, 4.69) is 6.07 Å². The predicted octanol–water partition coefficient (Wildman–Crippen LogP) is 4.89. The van der Waals surface area contributed by atoms with Crippen LogP contribution in [-0.4, -0.2) is 36.5 Å². The summed E-state index contributed by atoms with van der Waals surface area (Å²) in [6.07, 6.45) is 0.200. The highest BCUT2D eigenvalue weighted by Crippen LogP contribution is 2.45. The third kappa shape index (κ3) is 5.80. The molecule has 0 saturated carbocycles. The Hall–Kier alpha value is -2.43. The highest BCUT2D eigenvalue weighted by molar-refractivity contribution is 8.19. The van der Waals surface area contributed by atoms with Crippen molar-refractivity contribution in [2.45, 2.75) is 24.9 Å². The molecule has 1 fully saturated rings. The van der Waals surface area contributed by atoms with Gasteiger partial charge in [-0.2, -0.15) is 5.26 Å². The van der Waals surface area contributed by atoms with Gasteiger partial charge in [0.05, 0.1) is 22.6 Å². The number of hydrogen-bond donors (Lipinski definition) is 0. The van der Waals surface area contributed by atoms with E-state index < -0.39 is 5.97 Å². The SMILES string of the molecule is Cc1cc(C)cc(N(CCC#N)C(=O)COC(=O)c2ccc(C3SCCS3)cc2)c1. The first-order valence-electron chi connectivity index (χ1n) is 9.74. The summed E-state index contributed by atoms with van der Waals surface area (Å²) < 4.78 is 5.69. The number of nitriles is 1. The lowest BCUT2D eigenvalue weighted by Crippen LogP contribution is -2.35. The zero-order valence-corrected chi connectivity index (χ0v) is 18.7. The molecule has 1 aliphatic heterocycles. The summed E-state index contributed by atoms with van der Waals surface area (Å²) in [4.78, 5) is 26.7. The highest BCUT2D eigenvalue weighted by atomic mass is 32.2. The summed E-state index contributed by atoms with van der Waals surface area (Å²) >= 11 is 3.81. The number of esters is 1. The fourth-order valence-electron chi connectivity index (χ4n) is 3.28. The van der Waals surface area contributed by atoms with E-state index in [0.29, 0.717) is 15.8 Å². The summed E-state index contributed by atoms with van der Waals surface area (Å²) in [5, 5.41) is 8.94. The molecule has 2 aromatic rings. The van der Waals surface area contributed by atoms with Crippen molar-refractivity contribution < 1.29 is 14.3 Å². The Balaban J connectivity index is 1.64. The van der Waals surface area contributed by atoms with Crippen LogP contribution in [0.15, 0.2) is 42.5 Å². The van der Waals surface area contributed by atoms with Gasteiger partial charge in [-0.1, -0.05) is 18.2 Å². The maximum atomic E-state index is 12.8. The molecule has 0 aromatic heterocycles. The van der Waals surface area contributed by atoms with Gasteiger partial charge in [0.2, 0.25) is 0 Å². The molecule has 156 valence electrons. The summed E-state index contributed by atoms with van der Waals surface area (Å²) in [5.41, 5.74) is 4.37. The molecule has 0 spiro atoms. The number of ether oxygens (including phenoxy) is 1. The standard InChI is InChI=1S/C23H24N2O3S2/c1-16-12-17(2)14-20(13-16)25(9-3-8-24)21(26)15-28-22(27)18-4-6-19(7-5-18)23-29-10-11-30-23/h4-7,12-14,23H,3,9-11,15H2,1-2H3. The molecule has 5 nitrogen and oxygen atoms in total. The van der Waals surface area contributed by atoms with Gasteiger partial charge in [-0.05, 0) is 54.8 Å². The largest absolute Gasteiger partial charge is 0.452 e. The van der Waals surface area contributed by atoms with Crippen LogP contribution in [0.4, 0.5) is 5.69 Å². The van der Waals surface area contributed by atoms with Crippen molar-refractivity contribution in [1.82, 2.24) is 0 Å². The molecule has 1 heterocycles. The predicted molar refractivity (Wildman–Crippen MR) is 123 cm³/mol. The number of anilines is 1. The lowest BCUT2D eigenvalue weighted by Gasteiger charge is -2.22. The molecule has 1 amide bonds. The van der Waals surface area contributed by atoms with E-state index in [9.17, 15) is 9.59 Å². The molecule has 3 rings (SSSR count). The van der Waals surface area contributed by atoms with Crippen LogP contribution in [0.5, 0.6) is 0 Å². The topological polar surface area (TPSA) is 70.4 Å².